The highest BCUT2D eigenvalue weighted by molar-refractivity contribution is 5.84. The SMILES string of the molecule is COc1ccc2nc(N3CCCC3C(=O)O)nc(C)c2c1. The van der Waals surface area contributed by atoms with E-state index < -0.39 is 12.0 Å². The van der Waals surface area contributed by atoms with Gasteiger partial charge in [-0.1, -0.05) is 0 Å². The monoisotopic (exact) mass is 287 g/mol. The Bertz CT molecular complexity index is 702. The zero-order valence-corrected chi connectivity index (χ0v) is 12.0. The summed E-state index contributed by atoms with van der Waals surface area (Å²) in [5, 5.41) is 10.2. The van der Waals surface area contributed by atoms with Gasteiger partial charge in [0, 0.05) is 11.9 Å². The highest BCUT2D eigenvalue weighted by Crippen LogP contribution is 2.27. The number of fused-ring (bicyclic) bond motifs is 1. The summed E-state index contributed by atoms with van der Waals surface area (Å²) in [6, 6.07) is 5.09. The van der Waals surface area contributed by atoms with E-state index in [1.165, 1.54) is 0 Å². The molecule has 1 saturated heterocycles. The highest BCUT2D eigenvalue weighted by Gasteiger charge is 2.32. The molecule has 1 unspecified atom stereocenters. The van der Waals surface area contributed by atoms with E-state index in [1.807, 2.05) is 25.1 Å². The smallest absolute Gasteiger partial charge is 0.326 e. The lowest BCUT2D eigenvalue weighted by Gasteiger charge is -2.22. The minimum atomic E-state index is -0.816. The molecule has 21 heavy (non-hydrogen) atoms. The summed E-state index contributed by atoms with van der Waals surface area (Å²) in [7, 11) is 1.62. The molecule has 0 spiro atoms. The Balaban J connectivity index is 2.06. The first-order valence-electron chi connectivity index (χ1n) is 6.92. The minimum absolute atomic E-state index is 0.495. The van der Waals surface area contributed by atoms with E-state index in [2.05, 4.69) is 9.97 Å². The van der Waals surface area contributed by atoms with Gasteiger partial charge in [-0.05, 0) is 38.0 Å². The number of rotatable bonds is 3. The molecular weight excluding hydrogens is 270 g/mol. The van der Waals surface area contributed by atoms with Crippen LogP contribution in [0, 0.1) is 6.92 Å². The molecule has 6 heteroatoms. The summed E-state index contributed by atoms with van der Waals surface area (Å²) in [4.78, 5) is 22.1. The Labute approximate surface area is 122 Å². The number of ether oxygens (including phenoxy) is 1. The van der Waals surface area contributed by atoms with Crippen molar-refractivity contribution >= 4 is 22.8 Å². The Kier molecular flexibility index (Phi) is 3.37. The second kappa shape index (κ2) is 5.20. The maximum atomic E-state index is 11.3. The van der Waals surface area contributed by atoms with Crippen LogP contribution in [0.5, 0.6) is 5.75 Å². The van der Waals surface area contributed by atoms with Gasteiger partial charge in [0.25, 0.3) is 0 Å². The van der Waals surface area contributed by atoms with E-state index in [-0.39, 0.29) is 0 Å². The van der Waals surface area contributed by atoms with Crippen molar-refractivity contribution < 1.29 is 14.6 Å². The summed E-state index contributed by atoms with van der Waals surface area (Å²) in [6.45, 7) is 2.58. The van der Waals surface area contributed by atoms with Crippen LogP contribution in [0.2, 0.25) is 0 Å². The number of hydrogen-bond donors (Lipinski definition) is 1. The molecule has 1 aliphatic rings. The van der Waals surface area contributed by atoms with Gasteiger partial charge in [-0.15, -0.1) is 0 Å². The number of benzene rings is 1. The van der Waals surface area contributed by atoms with Crippen molar-refractivity contribution in [1.82, 2.24) is 9.97 Å². The molecule has 2 heterocycles. The molecule has 0 radical (unpaired) electrons. The number of anilines is 1. The minimum Gasteiger partial charge on any atom is -0.497 e. The Morgan fingerprint density at radius 1 is 1.43 bits per heavy atom. The van der Waals surface area contributed by atoms with Crippen LogP contribution in [0.3, 0.4) is 0 Å². The fourth-order valence-electron chi connectivity index (χ4n) is 2.76. The third kappa shape index (κ3) is 2.37. The van der Waals surface area contributed by atoms with E-state index in [9.17, 15) is 9.90 Å². The van der Waals surface area contributed by atoms with Crippen molar-refractivity contribution in [3.05, 3.63) is 23.9 Å². The number of carboxylic acids is 1. The van der Waals surface area contributed by atoms with Gasteiger partial charge in [0.2, 0.25) is 5.95 Å². The first kappa shape index (κ1) is 13.6. The number of aromatic nitrogens is 2. The van der Waals surface area contributed by atoms with Crippen molar-refractivity contribution in [2.45, 2.75) is 25.8 Å². The maximum Gasteiger partial charge on any atom is 0.326 e. The lowest BCUT2D eigenvalue weighted by atomic mass is 10.2. The van der Waals surface area contributed by atoms with Crippen molar-refractivity contribution in [2.75, 3.05) is 18.6 Å². The number of aryl methyl sites for hydroxylation is 1. The molecule has 1 aromatic carbocycles. The summed E-state index contributed by atoms with van der Waals surface area (Å²) < 4.78 is 5.21. The van der Waals surface area contributed by atoms with Crippen molar-refractivity contribution in [3.8, 4) is 5.75 Å². The van der Waals surface area contributed by atoms with Crippen molar-refractivity contribution in [1.29, 1.82) is 0 Å². The van der Waals surface area contributed by atoms with Gasteiger partial charge in [0.05, 0.1) is 18.3 Å². The topological polar surface area (TPSA) is 75.5 Å². The van der Waals surface area contributed by atoms with Crippen molar-refractivity contribution in [3.63, 3.8) is 0 Å². The number of nitrogens with zero attached hydrogens (tertiary/aromatic N) is 3. The normalized spacial score (nSPS) is 18.2. The Hall–Kier alpha value is -2.37. The summed E-state index contributed by atoms with van der Waals surface area (Å²) in [5.41, 5.74) is 1.62. The van der Waals surface area contributed by atoms with E-state index in [0.717, 1.165) is 28.8 Å². The van der Waals surface area contributed by atoms with Gasteiger partial charge >= 0.3 is 5.97 Å². The summed E-state index contributed by atoms with van der Waals surface area (Å²) >= 11 is 0. The van der Waals surface area contributed by atoms with Crippen molar-refractivity contribution in [2.24, 2.45) is 0 Å². The standard InChI is InChI=1S/C15H17N3O3/c1-9-11-8-10(21-2)5-6-12(11)17-15(16-9)18-7-3-4-13(18)14(19)20/h5-6,8,13H,3-4,7H2,1-2H3,(H,19,20). The number of carboxylic acid groups (broad SMARTS) is 1. The maximum absolute atomic E-state index is 11.3. The van der Waals surface area contributed by atoms with Crippen LogP contribution in [-0.4, -0.2) is 40.7 Å². The van der Waals surface area contributed by atoms with Gasteiger partial charge in [0.1, 0.15) is 11.8 Å². The first-order valence-corrected chi connectivity index (χ1v) is 6.92. The second-order valence-corrected chi connectivity index (χ2v) is 5.18. The molecule has 0 bridgehead atoms. The van der Waals surface area contributed by atoms with Gasteiger partial charge < -0.3 is 14.7 Å². The molecule has 1 atom stereocenters. The zero-order valence-electron chi connectivity index (χ0n) is 12.0. The first-order chi connectivity index (χ1) is 10.1. The van der Waals surface area contributed by atoms with Crippen LogP contribution in [0.1, 0.15) is 18.5 Å². The molecule has 1 N–H and O–H groups in total. The van der Waals surface area contributed by atoms with E-state index in [1.54, 1.807) is 12.0 Å². The van der Waals surface area contributed by atoms with Crippen LogP contribution in [0.15, 0.2) is 18.2 Å². The average Bonchev–Trinajstić information content (AvgIpc) is 2.96. The molecular formula is C15H17N3O3. The molecule has 2 aromatic rings. The molecule has 0 saturated carbocycles. The number of methoxy groups -OCH3 is 1. The van der Waals surface area contributed by atoms with Gasteiger partial charge in [0.15, 0.2) is 0 Å². The van der Waals surface area contributed by atoms with E-state index in [0.29, 0.717) is 18.9 Å². The average molecular weight is 287 g/mol. The number of carbonyl (C=O) groups is 1. The zero-order chi connectivity index (χ0) is 15.0. The van der Waals surface area contributed by atoms with Gasteiger partial charge in [-0.3, -0.25) is 0 Å². The van der Waals surface area contributed by atoms with Gasteiger partial charge in [-0.2, -0.15) is 0 Å². The molecule has 1 fully saturated rings. The molecule has 1 aliphatic heterocycles. The summed E-state index contributed by atoms with van der Waals surface area (Å²) in [5.74, 6) is 0.435. The molecule has 0 amide bonds. The van der Waals surface area contributed by atoms with Crippen LogP contribution in [0.25, 0.3) is 10.9 Å². The third-order valence-corrected chi connectivity index (χ3v) is 3.88. The van der Waals surface area contributed by atoms with E-state index in [4.69, 9.17) is 4.74 Å². The number of hydrogen-bond acceptors (Lipinski definition) is 5. The predicted octanol–water partition coefficient (Wildman–Crippen LogP) is 2.00. The molecule has 6 nitrogen and oxygen atoms in total. The molecule has 3 rings (SSSR count). The predicted molar refractivity (Wildman–Crippen MR) is 78.8 cm³/mol. The molecule has 0 aliphatic carbocycles. The van der Waals surface area contributed by atoms with Crippen LogP contribution in [-0.2, 0) is 4.79 Å². The molecule has 1 aromatic heterocycles. The highest BCUT2D eigenvalue weighted by atomic mass is 16.5. The van der Waals surface area contributed by atoms with E-state index >= 15 is 0 Å². The molecule has 110 valence electrons. The lowest BCUT2D eigenvalue weighted by molar-refractivity contribution is -0.138. The fraction of sp³-hybridized carbons (Fsp3) is 0.400. The largest absolute Gasteiger partial charge is 0.497 e. The Morgan fingerprint density at radius 2 is 2.24 bits per heavy atom. The lowest BCUT2D eigenvalue weighted by Crippen LogP contribution is -2.37. The van der Waals surface area contributed by atoms with Crippen LogP contribution < -0.4 is 9.64 Å². The third-order valence-electron chi connectivity index (χ3n) is 3.88. The quantitative estimate of drug-likeness (QED) is 0.930. The van der Waals surface area contributed by atoms with Gasteiger partial charge in [-0.25, -0.2) is 14.8 Å². The van der Waals surface area contributed by atoms with Crippen LogP contribution >= 0.6 is 0 Å². The fourth-order valence-corrected chi connectivity index (χ4v) is 2.76. The second-order valence-electron chi connectivity index (χ2n) is 5.18. The Morgan fingerprint density at radius 3 is 2.95 bits per heavy atom. The van der Waals surface area contributed by atoms with Crippen LogP contribution in [0.4, 0.5) is 5.95 Å². The summed E-state index contributed by atoms with van der Waals surface area (Å²) in [6.07, 6.45) is 1.48. The number of aliphatic carboxylic acids is 1.